The molecular weight excluding hydrogens is 408 g/mol. The Kier molecular flexibility index (Phi) is 5.13. The molecule has 2 aromatic rings. The van der Waals surface area contributed by atoms with Gasteiger partial charge in [0, 0.05) is 6.08 Å². The number of hydrogen-bond acceptors (Lipinski definition) is 5. The van der Waals surface area contributed by atoms with E-state index in [0.29, 0.717) is 26.1 Å². The lowest BCUT2D eigenvalue weighted by molar-refractivity contribution is -0.131. The summed E-state index contributed by atoms with van der Waals surface area (Å²) in [5.74, 6) is -0.415. The van der Waals surface area contributed by atoms with E-state index < -0.39 is 5.97 Å². The van der Waals surface area contributed by atoms with Crippen LogP contribution in [0.2, 0.25) is 0 Å². The molecule has 6 nitrogen and oxygen atoms in total. The van der Waals surface area contributed by atoms with E-state index in [2.05, 4.69) is 46.8 Å². The second-order valence-electron chi connectivity index (χ2n) is 4.07. The number of hydrogen-bond donors (Lipinski definition) is 1. The van der Waals surface area contributed by atoms with Gasteiger partial charge < -0.3 is 9.84 Å². The van der Waals surface area contributed by atoms with E-state index in [9.17, 15) is 4.79 Å². The fourth-order valence-corrected chi connectivity index (χ4v) is 2.95. The zero-order chi connectivity index (χ0) is 15.4. The van der Waals surface area contributed by atoms with Gasteiger partial charge in [0.05, 0.1) is 8.95 Å². The number of carboxylic acid groups (broad SMARTS) is 1. The molecule has 2 rings (SSSR count). The molecule has 0 saturated carbocycles. The Morgan fingerprint density at radius 2 is 2.05 bits per heavy atom. The Hall–Kier alpha value is -1.67. The maximum Gasteiger partial charge on any atom is 0.328 e. The summed E-state index contributed by atoms with van der Waals surface area (Å²) < 4.78 is 11.7. The third-order valence-electron chi connectivity index (χ3n) is 2.54. The quantitative estimate of drug-likeness (QED) is 0.748. The number of ether oxygens (including phenoxy) is 1. The molecule has 1 heterocycles. The average molecular weight is 418 g/mol. The normalized spacial score (nSPS) is 11.0. The van der Waals surface area contributed by atoms with E-state index in [1.807, 2.05) is 0 Å². The molecule has 0 aliphatic carbocycles. The van der Waals surface area contributed by atoms with Gasteiger partial charge in [-0.3, -0.25) is 0 Å². The molecule has 0 fully saturated rings. The molecule has 0 aliphatic heterocycles. The highest BCUT2D eigenvalue weighted by atomic mass is 79.9. The van der Waals surface area contributed by atoms with Crippen molar-refractivity contribution in [3.63, 3.8) is 0 Å². The maximum atomic E-state index is 10.5. The predicted molar refractivity (Wildman–Crippen MR) is 81.9 cm³/mol. The Labute approximate surface area is 137 Å². The number of nitrogens with zero attached hydrogens (tertiary/aromatic N) is 2. The zero-order valence-corrected chi connectivity index (χ0v) is 14.0. The van der Waals surface area contributed by atoms with E-state index >= 15 is 0 Å². The number of benzene rings is 1. The van der Waals surface area contributed by atoms with Crippen molar-refractivity contribution in [2.75, 3.05) is 0 Å². The van der Waals surface area contributed by atoms with Crippen molar-refractivity contribution in [3.8, 4) is 5.75 Å². The van der Waals surface area contributed by atoms with E-state index in [1.165, 1.54) is 6.08 Å². The van der Waals surface area contributed by atoms with Crippen LogP contribution in [0.1, 0.15) is 17.0 Å². The average Bonchev–Trinajstić information content (AvgIpc) is 2.81. The molecule has 0 radical (unpaired) electrons. The minimum absolute atomic E-state index is 0.219. The summed E-state index contributed by atoms with van der Waals surface area (Å²) in [5.41, 5.74) is 2.01. The van der Waals surface area contributed by atoms with Gasteiger partial charge in [0.25, 0.3) is 0 Å². The minimum atomic E-state index is -1.00. The van der Waals surface area contributed by atoms with Crippen molar-refractivity contribution in [1.29, 1.82) is 0 Å². The fraction of sp³-hybridized carbons (Fsp3) is 0.154. The van der Waals surface area contributed by atoms with E-state index in [-0.39, 0.29) is 6.61 Å². The standard InChI is InChI=1S/C13H10Br2N2O4/c1-7-11(17-21-16-7)6-20-13-9(14)4-8(5-10(13)15)2-3-12(18)19/h2-5H,6H2,1H3,(H,18,19)/b3-2+. The number of halogens is 2. The van der Waals surface area contributed by atoms with Crippen LogP contribution in [0, 0.1) is 6.92 Å². The molecule has 0 spiro atoms. The van der Waals surface area contributed by atoms with Crippen molar-refractivity contribution in [3.05, 3.63) is 44.1 Å². The first kappa shape index (κ1) is 15.7. The molecule has 110 valence electrons. The third-order valence-corrected chi connectivity index (χ3v) is 3.72. The van der Waals surface area contributed by atoms with Crippen LogP contribution < -0.4 is 4.74 Å². The first-order valence-corrected chi connectivity index (χ1v) is 7.37. The number of aryl methyl sites for hydroxylation is 1. The van der Waals surface area contributed by atoms with E-state index in [1.54, 1.807) is 19.1 Å². The highest BCUT2D eigenvalue weighted by Crippen LogP contribution is 2.35. The van der Waals surface area contributed by atoms with Crippen LogP contribution in [-0.4, -0.2) is 21.4 Å². The molecule has 1 aromatic carbocycles. The van der Waals surface area contributed by atoms with Crippen molar-refractivity contribution in [1.82, 2.24) is 10.3 Å². The SMILES string of the molecule is Cc1nonc1COc1c(Br)cc(/C=C/C(=O)O)cc1Br. The van der Waals surface area contributed by atoms with Crippen molar-refractivity contribution < 1.29 is 19.3 Å². The Balaban J connectivity index is 2.17. The molecule has 1 aromatic heterocycles. The molecule has 0 saturated heterocycles. The second-order valence-corrected chi connectivity index (χ2v) is 5.78. The van der Waals surface area contributed by atoms with Crippen molar-refractivity contribution >= 4 is 43.9 Å². The molecule has 8 heteroatoms. The summed E-state index contributed by atoms with van der Waals surface area (Å²) >= 11 is 6.78. The lowest BCUT2D eigenvalue weighted by Crippen LogP contribution is -1.99. The van der Waals surface area contributed by atoms with Gasteiger partial charge in [-0.25, -0.2) is 9.42 Å². The van der Waals surface area contributed by atoms with Crippen LogP contribution in [0.3, 0.4) is 0 Å². The van der Waals surface area contributed by atoms with Crippen LogP contribution >= 0.6 is 31.9 Å². The van der Waals surface area contributed by atoms with Gasteiger partial charge >= 0.3 is 5.97 Å². The molecule has 0 unspecified atom stereocenters. The van der Waals surface area contributed by atoms with Gasteiger partial charge in [0.2, 0.25) is 0 Å². The van der Waals surface area contributed by atoms with Crippen molar-refractivity contribution in [2.45, 2.75) is 13.5 Å². The smallest absolute Gasteiger partial charge is 0.328 e. The van der Waals surface area contributed by atoms with Crippen LogP contribution in [0.4, 0.5) is 0 Å². The minimum Gasteiger partial charge on any atom is -0.485 e. The number of aliphatic carboxylic acids is 1. The summed E-state index contributed by atoms with van der Waals surface area (Å²) in [4.78, 5) is 10.5. The summed E-state index contributed by atoms with van der Waals surface area (Å²) in [7, 11) is 0. The molecule has 0 atom stereocenters. The summed E-state index contributed by atoms with van der Waals surface area (Å²) in [6, 6.07) is 3.51. The van der Waals surface area contributed by atoms with Gasteiger partial charge in [-0.1, -0.05) is 10.3 Å². The molecule has 21 heavy (non-hydrogen) atoms. The molecule has 0 bridgehead atoms. The zero-order valence-electron chi connectivity index (χ0n) is 10.8. The highest BCUT2D eigenvalue weighted by Gasteiger charge is 2.11. The van der Waals surface area contributed by atoms with Gasteiger partial charge in [0.15, 0.2) is 0 Å². The maximum absolute atomic E-state index is 10.5. The summed E-state index contributed by atoms with van der Waals surface area (Å²) in [5, 5.41) is 16.0. The highest BCUT2D eigenvalue weighted by molar-refractivity contribution is 9.11. The van der Waals surface area contributed by atoms with Crippen LogP contribution in [0.25, 0.3) is 6.08 Å². The lowest BCUT2D eigenvalue weighted by Gasteiger charge is -2.10. The largest absolute Gasteiger partial charge is 0.485 e. The Morgan fingerprint density at radius 3 is 2.57 bits per heavy atom. The first-order valence-electron chi connectivity index (χ1n) is 5.78. The summed E-state index contributed by atoms with van der Waals surface area (Å²) in [6.07, 6.45) is 2.56. The molecule has 1 N–H and O–H groups in total. The predicted octanol–water partition coefficient (Wildman–Crippen LogP) is 3.58. The van der Waals surface area contributed by atoms with Crippen molar-refractivity contribution in [2.24, 2.45) is 0 Å². The molecular formula is C13H10Br2N2O4. The molecule has 0 aliphatic rings. The molecule has 0 amide bonds. The van der Waals surface area contributed by atoms with Gasteiger partial charge in [-0.05, 0) is 62.6 Å². The van der Waals surface area contributed by atoms with Crippen LogP contribution in [0.5, 0.6) is 5.75 Å². The van der Waals surface area contributed by atoms with E-state index in [4.69, 9.17) is 9.84 Å². The lowest BCUT2D eigenvalue weighted by atomic mass is 10.2. The number of rotatable bonds is 5. The monoisotopic (exact) mass is 416 g/mol. The summed E-state index contributed by atoms with van der Waals surface area (Å²) in [6.45, 7) is 2.00. The Bertz CT molecular complexity index is 674. The number of carboxylic acids is 1. The van der Waals surface area contributed by atoms with E-state index in [0.717, 1.165) is 11.6 Å². The second kappa shape index (κ2) is 6.86. The fourth-order valence-electron chi connectivity index (χ4n) is 1.50. The number of aromatic nitrogens is 2. The van der Waals surface area contributed by atoms with Gasteiger partial charge in [-0.2, -0.15) is 0 Å². The topological polar surface area (TPSA) is 85.5 Å². The first-order chi connectivity index (χ1) is 9.97. The van der Waals surface area contributed by atoms with Gasteiger partial charge in [0.1, 0.15) is 23.7 Å². The van der Waals surface area contributed by atoms with Gasteiger partial charge in [-0.15, -0.1) is 0 Å². The van der Waals surface area contributed by atoms with Crippen LogP contribution in [0.15, 0.2) is 31.8 Å². The number of carbonyl (C=O) groups is 1. The third kappa shape index (κ3) is 4.15. The van der Waals surface area contributed by atoms with Crippen LogP contribution in [-0.2, 0) is 11.4 Å². The Morgan fingerprint density at radius 1 is 1.38 bits per heavy atom.